The number of hydrogen-bond donors (Lipinski definition) is 1. The van der Waals surface area contributed by atoms with Crippen LogP contribution in [0, 0.1) is 11.6 Å². The molecule has 1 aromatic rings. The van der Waals surface area contributed by atoms with Crippen LogP contribution in [0.2, 0.25) is 0 Å². The molecule has 0 amide bonds. The Morgan fingerprint density at radius 1 is 1.33 bits per heavy atom. The third-order valence-electron chi connectivity index (χ3n) is 2.11. The Morgan fingerprint density at radius 3 is 2.53 bits per heavy atom. The number of aromatic nitrogens is 1. The maximum absolute atomic E-state index is 13.4. The molecule has 0 spiro atoms. The molecule has 5 heteroatoms. The van der Waals surface area contributed by atoms with Gasteiger partial charge in [-0.25, -0.2) is 13.8 Å². The van der Waals surface area contributed by atoms with E-state index >= 15 is 0 Å². The van der Waals surface area contributed by atoms with Gasteiger partial charge in [-0.15, -0.1) is 0 Å². The summed E-state index contributed by atoms with van der Waals surface area (Å²) in [6.45, 7) is 5.15. The van der Waals surface area contributed by atoms with E-state index in [9.17, 15) is 8.78 Å². The molecule has 1 aromatic heterocycles. The normalized spacial score (nSPS) is 10.4. The molecule has 2 N–H and O–H groups in total. The number of anilines is 2. The fourth-order valence-electron chi connectivity index (χ4n) is 1.38. The Hall–Kier alpha value is -1.39. The van der Waals surface area contributed by atoms with Crippen molar-refractivity contribution in [2.45, 2.75) is 20.3 Å². The van der Waals surface area contributed by atoms with Gasteiger partial charge >= 0.3 is 0 Å². The minimum absolute atomic E-state index is 0.123. The van der Waals surface area contributed by atoms with E-state index in [4.69, 9.17) is 5.73 Å². The molecule has 0 unspecified atom stereocenters. The highest BCUT2D eigenvalue weighted by Gasteiger charge is 2.14. The number of nitrogens with two attached hydrogens (primary N) is 1. The van der Waals surface area contributed by atoms with E-state index in [1.54, 1.807) is 4.90 Å². The molecular formula is C10H15F2N3. The second-order valence-corrected chi connectivity index (χ2v) is 3.24. The zero-order valence-corrected chi connectivity index (χ0v) is 8.93. The highest BCUT2D eigenvalue weighted by Crippen LogP contribution is 2.20. The summed E-state index contributed by atoms with van der Waals surface area (Å²) in [4.78, 5) is 5.44. The van der Waals surface area contributed by atoms with Gasteiger partial charge in [-0.05, 0) is 13.3 Å². The van der Waals surface area contributed by atoms with Crippen molar-refractivity contribution in [1.82, 2.24) is 4.98 Å². The van der Waals surface area contributed by atoms with Crippen molar-refractivity contribution in [2.75, 3.05) is 23.7 Å². The van der Waals surface area contributed by atoms with Crippen LogP contribution in [0.15, 0.2) is 6.07 Å². The second kappa shape index (κ2) is 4.91. The lowest BCUT2D eigenvalue weighted by Crippen LogP contribution is -2.26. The minimum atomic E-state index is -0.816. The Kier molecular flexibility index (Phi) is 3.82. The lowest BCUT2D eigenvalue weighted by atomic mass is 10.3. The Bertz CT molecular complexity index is 342. The smallest absolute Gasteiger partial charge is 0.168 e. The Labute approximate surface area is 87.9 Å². The zero-order chi connectivity index (χ0) is 11.4. The molecule has 0 aliphatic carbocycles. The summed E-state index contributed by atoms with van der Waals surface area (Å²) < 4.78 is 26.3. The van der Waals surface area contributed by atoms with Crippen molar-refractivity contribution >= 4 is 11.6 Å². The first-order chi connectivity index (χ1) is 7.10. The van der Waals surface area contributed by atoms with Gasteiger partial charge in [0, 0.05) is 19.2 Å². The first-order valence-electron chi connectivity index (χ1n) is 4.96. The molecule has 0 atom stereocenters. The van der Waals surface area contributed by atoms with Crippen molar-refractivity contribution in [3.8, 4) is 0 Å². The van der Waals surface area contributed by atoms with Crippen molar-refractivity contribution < 1.29 is 8.78 Å². The van der Waals surface area contributed by atoms with E-state index in [1.165, 1.54) is 0 Å². The van der Waals surface area contributed by atoms with Crippen LogP contribution in [-0.4, -0.2) is 18.1 Å². The van der Waals surface area contributed by atoms with Crippen molar-refractivity contribution in [3.63, 3.8) is 0 Å². The van der Waals surface area contributed by atoms with Crippen molar-refractivity contribution in [1.29, 1.82) is 0 Å². The number of nitrogens with zero attached hydrogens (tertiary/aromatic N) is 2. The van der Waals surface area contributed by atoms with Crippen LogP contribution < -0.4 is 10.6 Å². The van der Waals surface area contributed by atoms with E-state index in [0.29, 0.717) is 13.1 Å². The number of hydrogen-bond acceptors (Lipinski definition) is 3. The maximum atomic E-state index is 13.4. The quantitative estimate of drug-likeness (QED) is 0.837. The average molecular weight is 215 g/mol. The molecule has 0 fully saturated rings. The standard InChI is InChI=1S/C10H15F2N3/c1-3-5-15(4-2)10-8(12)6-7(11)9(13)14-10/h6H,3-5H2,1-2H3,(H2,13,14). The number of pyridine rings is 1. The molecule has 15 heavy (non-hydrogen) atoms. The summed E-state index contributed by atoms with van der Waals surface area (Å²) in [5.74, 6) is -1.62. The summed E-state index contributed by atoms with van der Waals surface area (Å²) in [6.07, 6.45) is 0.867. The van der Waals surface area contributed by atoms with Gasteiger partial charge in [0.2, 0.25) is 0 Å². The Morgan fingerprint density at radius 2 is 2.00 bits per heavy atom. The first kappa shape index (κ1) is 11.7. The maximum Gasteiger partial charge on any atom is 0.168 e. The van der Waals surface area contributed by atoms with Crippen LogP contribution in [0.1, 0.15) is 20.3 Å². The van der Waals surface area contributed by atoms with E-state index < -0.39 is 11.6 Å². The molecular weight excluding hydrogens is 200 g/mol. The van der Waals surface area contributed by atoms with Crippen LogP contribution in [0.3, 0.4) is 0 Å². The largest absolute Gasteiger partial charge is 0.381 e. The molecule has 0 saturated heterocycles. The summed E-state index contributed by atoms with van der Waals surface area (Å²) in [6, 6.07) is 0.774. The number of rotatable bonds is 4. The number of nitrogen functional groups attached to an aromatic ring is 1. The van der Waals surface area contributed by atoms with E-state index in [2.05, 4.69) is 4.98 Å². The highest BCUT2D eigenvalue weighted by molar-refractivity contribution is 5.46. The molecule has 0 radical (unpaired) electrons. The third-order valence-corrected chi connectivity index (χ3v) is 2.11. The first-order valence-corrected chi connectivity index (χ1v) is 4.96. The summed E-state index contributed by atoms with van der Waals surface area (Å²) >= 11 is 0. The highest BCUT2D eigenvalue weighted by atomic mass is 19.1. The van der Waals surface area contributed by atoms with Gasteiger partial charge in [0.1, 0.15) is 0 Å². The lowest BCUT2D eigenvalue weighted by molar-refractivity contribution is 0.570. The third kappa shape index (κ3) is 2.55. The minimum Gasteiger partial charge on any atom is -0.381 e. The van der Waals surface area contributed by atoms with Gasteiger partial charge < -0.3 is 10.6 Å². The monoisotopic (exact) mass is 215 g/mol. The molecule has 0 aliphatic heterocycles. The van der Waals surface area contributed by atoms with Crippen LogP contribution in [-0.2, 0) is 0 Å². The van der Waals surface area contributed by atoms with E-state index in [0.717, 1.165) is 12.5 Å². The van der Waals surface area contributed by atoms with Crippen LogP contribution >= 0.6 is 0 Å². The van der Waals surface area contributed by atoms with Gasteiger partial charge in [-0.2, -0.15) is 0 Å². The zero-order valence-electron chi connectivity index (χ0n) is 8.93. The lowest BCUT2D eigenvalue weighted by Gasteiger charge is -2.21. The Balaban J connectivity index is 3.06. The predicted molar refractivity (Wildman–Crippen MR) is 56.7 cm³/mol. The predicted octanol–water partition coefficient (Wildman–Crippen LogP) is 2.18. The van der Waals surface area contributed by atoms with Crippen molar-refractivity contribution in [2.24, 2.45) is 0 Å². The van der Waals surface area contributed by atoms with Crippen LogP contribution in [0.4, 0.5) is 20.4 Å². The topological polar surface area (TPSA) is 42.2 Å². The van der Waals surface area contributed by atoms with Gasteiger partial charge in [-0.1, -0.05) is 6.92 Å². The second-order valence-electron chi connectivity index (χ2n) is 3.24. The SMILES string of the molecule is CCCN(CC)c1nc(N)c(F)cc1F. The van der Waals surface area contributed by atoms with Gasteiger partial charge in [0.25, 0.3) is 0 Å². The van der Waals surface area contributed by atoms with Gasteiger partial charge in [-0.3, -0.25) is 0 Å². The molecule has 3 nitrogen and oxygen atoms in total. The fraction of sp³-hybridized carbons (Fsp3) is 0.500. The summed E-state index contributed by atoms with van der Waals surface area (Å²) in [7, 11) is 0. The van der Waals surface area contributed by atoms with Gasteiger partial charge in [0.15, 0.2) is 23.3 Å². The van der Waals surface area contributed by atoms with E-state index in [1.807, 2.05) is 13.8 Å². The molecule has 0 aliphatic rings. The molecule has 84 valence electrons. The summed E-state index contributed by atoms with van der Waals surface area (Å²) in [5.41, 5.74) is 5.30. The number of halogens is 2. The average Bonchev–Trinajstić information content (AvgIpc) is 2.20. The molecule has 1 heterocycles. The van der Waals surface area contributed by atoms with Crippen LogP contribution in [0.25, 0.3) is 0 Å². The van der Waals surface area contributed by atoms with Crippen molar-refractivity contribution in [3.05, 3.63) is 17.7 Å². The summed E-state index contributed by atoms with van der Waals surface area (Å²) in [5, 5.41) is 0. The molecule has 0 saturated carbocycles. The van der Waals surface area contributed by atoms with Gasteiger partial charge in [0.05, 0.1) is 0 Å². The molecule has 0 aromatic carbocycles. The molecule has 0 bridgehead atoms. The molecule has 1 rings (SSSR count). The van der Waals surface area contributed by atoms with Crippen LogP contribution in [0.5, 0.6) is 0 Å². The van der Waals surface area contributed by atoms with E-state index in [-0.39, 0.29) is 11.6 Å². The fourth-order valence-corrected chi connectivity index (χ4v) is 1.38.